The molecule has 7 heteroatoms. The van der Waals surface area contributed by atoms with Crippen molar-refractivity contribution in [1.82, 2.24) is 14.9 Å². The lowest BCUT2D eigenvalue weighted by atomic mass is 10.2. The Balaban J connectivity index is 1.65. The van der Waals surface area contributed by atoms with E-state index in [0.29, 0.717) is 29.0 Å². The van der Waals surface area contributed by atoms with E-state index in [9.17, 15) is 4.39 Å². The normalized spacial score (nSPS) is 19.9. The van der Waals surface area contributed by atoms with Crippen molar-refractivity contribution in [1.29, 1.82) is 0 Å². The van der Waals surface area contributed by atoms with E-state index in [-0.39, 0.29) is 10.6 Å². The van der Waals surface area contributed by atoms with Crippen LogP contribution in [0.4, 0.5) is 4.39 Å². The van der Waals surface area contributed by atoms with Gasteiger partial charge in [0.1, 0.15) is 17.3 Å². The molecule has 122 valence electrons. The number of aromatic nitrogens is 3. The molecule has 3 aromatic rings. The Kier molecular flexibility index (Phi) is 3.65. The lowest BCUT2D eigenvalue weighted by Crippen LogP contribution is -1.96. The molecule has 0 saturated heterocycles. The molecule has 1 saturated carbocycles. The Labute approximate surface area is 142 Å². The minimum absolute atomic E-state index is 0.284. The van der Waals surface area contributed by atoms with Gasteiger partial charge in [-0.2, -0.15) is 14.9 Å². The molecule has 2 aromatic heterocycles. The second kappa shape index (κ2) is 5.83. The molecule has 0 amide bonds. The van der Waals surface area contributed by atoms with Gasteiger partial charge in [0, 0.05) is 5.92 Å². The van der Waals surface area contributed by atoms with Gasteiger partial charge in [-0.05, 0) is 48.8 Å². The zero-order chi connectivity index (χ0) is 16.7. The number of hydrogen-bond acceptors (Lipinski definition) is 4. The van der Waals surface area contributed by atoms with Crippen LogP contribution in [0, 0.1) is 16.5 Å². The molecule has 4 rings (SSSR count). The molecule has 5 nitrogen and oxygen atoms in total. The second-order valence-electron chi connectivity index (χ2n) is 5.95. The largest absolute Gasteiger partial charge is 0.460 e. The molecule has 0 aliphatic heterocycles. The third-order valence-electron chi connectivity index (χ3n) is 4.19. The number of hydrogen-bond donors (Lipinski definition) is 1. The molecule has 1 fully saturated rings. The summed E-state index contributed by atoms with van der Waals surface area (Å²) in [5.41, 5.74) is 0.328. The molecule has 1 aromatic carbocycles. The number of nitrogens with zero attached hydrogens (tertiary/aromatic N) is 3. The highest BCUT2D eigenvalue weighted by Gasteiger charge is 2.36. The van der Waals surface area contributed by atoms with Crippen molar-refractivity contribution in [2.24, 2.45) is 11.0 Å². The van der Waals surface area contributed by atoms with Gasteiger partial charge in [-0.25, -0.2) is 9.49 Å². The molecule has 0 bridgehead atoms. The smallest absolute Gasteiger partial charge is 0.216 e. The molecule has 0 radical (unpaired) electrons. The maximum absolute atomic E-state index is 14.0. The van der Waals surface area contributed by atoms with E-state index in [1.54, 1.807) is 24.4 Å². The minimum Gasteiger partial charge on any atom is -0.460 e. The number of rotatable bonds is 4. The van der Waals surface area contributed by atoms with Crippen molar-refractivity contribution >= 4 is 18.4 Å². The fourth-order valence-electron chi connectivity index (χ4n) is 2.69. The summed E-state index contributed by atoms with van der Waals surface area (Å²) in [7, 11) is 0. The molecule has 0 spiro atoms. The first-order chi connectivity index (χ1) is 11.6. The first-order valence-electron chi connectivity index (χ1n) is 7.70. The van der Waals surface area contributed by atoms with E-state index in [0.717, 1.165) is 12.2 Å². The first kappa shape index (κ1) is 15.0. The van der Waals surface area contributed by atoms with Crippen LogP contribution in [-0.4, -0.2) is 21.1 Å². The summed E-state index contributed by atoms with van der Waals surface area (Å²) in [4.78, 5) is 0. The van der Waals surface area contributed by atoms with Crippen LogP contribution in [0.3, 0.4) is 0 Å². The van der Waals surface area contributed by atoms with Crippen LogP contribution < -0.4 is 0 Å². The zero-order valence-corrected chi connectivity index (χ0v) is 13.8. The van der Waals surface area contributed by atoms with E-state index in [2.05, 4.69) is 22.2 Å². The maximum Gasteiger partial charge on any atom is 0.216 e. The summed E-state index contributed by atoms with van der Waals surface area (Å²) in [6.07, 6.45) is 2.72. The van der Waals surface area contributed by atoms with E-state index < -0.39 is 0 Å². The molecule has 1 N–H and O–H groups in total. The number of aromatic amines is 1. The third-order valence-corrected chi connectivity index (χ3v) is 4.45. The lowest BCUT2D eigenvalue weighted by molar-refractivity contribution is 0.500. The number of H-pyrrole nitrogens is 1. The quantitative estimate of drug-likeness (QED) is 0.566. The molecule has 1 aliphatic carbocycles. The van der Waals surface area contributed by atoms with Crippen molar-refractivity contribution in [3.8, 4) is 11.4 Å². The van der Waals surface area contributed by atoms with Gasteiger partial charge < -0.3 is 4.42 Å². The lowest BCUT2D eigenvalue weighted by Gasteiger charge is -2.01. The molecule has 2 heterocycles. The predicted octanol–water partition coefficient (Wildman–Crippen LogP) is 4.35. The summed E-state index contributed by atoms with van der Waals surface area (Å²) in [5, 5.41) is 11.0. The number of halogens is 1. The van der Waals surface area contributed by atoms with Crippen LogP contribution in [0.5, 0.6) is 0 Å². The Bertz CT molecular complexity index is 971. The molecule has 2 atom stereocenters. The van der Waals surface area contributed by atoms with Crippen LogP contribution in [-0.2, 0) is 0 Å². The Morgan fingerprint density at radius 3 is 2.92 bits per heavy atom. The fourth-order valence-corrected chi connectivity index (χ4v) is 2.87. The van der Waals surface area contributed by atoms with Crippen molar-refractivity contribution in [3.05, 3.63) is 58.5 Å². The van der Waals surface area contributed by atoms with Crippen LogP contribution >= 0.6 is 12.2 Å². The van der Waals surface area contributed by atoms with Gasteiger partial charge in [0.05, 0.1) is 11.8 Å². The van der Waals surface area contributed by atoms with Gasteiger partial charge in [0.25, 0.3) is 0 Å². The molecule has 24 heavy (non-hydrogen) atoms. The summed E-state index contributed by atoms with van der Waals surface area (Å²) >= 11 is 5.18. The third kappa shape index (κ3) is 2.71. The minimum atomic E-state index is -0.383. The van der Waals surface area contributed by atoms with Gasteiger partial charge in [0.2, 0.25) is 4.77 Å². The van der Waals surface area contributed by atoms with Crippen molar-refractivity contribution in [2.45, 2.75) is 19.3 Å². The highest BCUT2D eigenvalue weighted by atomic mass is 32.1. The summed E-state index contributed by atoms with van der Waals surface area (Å²) in [5.74, 6) is 2.73. The predicted molar refractivity (Wildman–Crippen MR) is 91.0 cm³/mol. The number of nitrogens with one attached hydrogen (secondary N) is 1. The summed E-state index contributed by atoms with van der Waals surface area (Å²) in [6, 6.07) is 10.2. The average molecular weight is 342 g/mol. The van der Waals surface area contributed by atoms with Gasteiger partial charge in [-0.15, -0.1) is 0 Å². The van der Waals surface area contributed by atoms with Gasteiger partial charge >= 0.3 is 0 Å². The highest BCUT2D eigenvalue weighted by Crippen LogP contribution is 2.47. The van der Waals surface area contributed by atoms with Crippen LogP contribution in [0.25, 0.3) is 11.4 Å². The summed E-state index contributed by atoms with van der Waals surface area (Å²) < 4.78 is 21.4. The highest BCUT2D eigenvalue weighted by molar-refractivity contribution is 7.71. The maximum atomic E-state index is 14.0. The van der Waals surface area contributed by atoms with Crippen LogP contribution in [0.15, 0.2) is 45.9 Å². The van der Waals surface area contributed by atoms with E-state index in [4.69, 9.17) is 16.6 Å². The van der Waals surface area contributed by atoms with Gasteiger partial charge in [-0.3, -0.25) is 0 Å². The number of benzene rings is 1. The van der Waals surface area contributed by atoms with Gasteiger partial charge in [0.15, 0.2) is 5.82 Å². The Morgan fingerprint density at radius 2 is 2.17 bits per heavy atom. The van der Waals surface area contributed by atoms with Crippen molar-refractivity contribution < 1.29 is 8.81 Å². The standard InChI is InChI=1S/C17H15FN4OS/c1-10-8-13(10)15-7-6-11(23-15)9-19-22-16(20-21-17(22)24)12-4-2-3-5-14(12)18/h2-7,9-10,13H,8H2,1H3,(H,21,24)/b19-9-/t10-,13-/m1/s1. The van der Waals surface area contributed by atoms with Crippen LogP contribution in [0.1, 0.15) is 30.8 Å². The second-order valence-corrected chi connectivity index (χ2v) is 6.33. The van der Waals surface area contributed by atoms with Crippen molar-refractivity contribution in [2.75, 3.05) is 0 Å². The van der Waals surface area contributed by atoms with Gasteiger partial charge in [-0.1, -0.05) is 19.1 Å². The zero-order valence-electron chi connectivity index (χ0n) is 12.9. The topological polar surface area (TPSA) is 59.1 Å². The first-order valence-corrected chi connectivity index (χ1v) is 8.10. The Morgan fingerprint density at radius 1 is 1.38 bits per heavy atom. The molecular formula is C17H15FN4OS. The fraction of sp³-hybridized carbons (Fsp3) is 0.235. The Hall–Kier alpha value is -2.54. The van der Waals surface area contributed by atoms with Crippen LogP contribution in [0.2, 0.25) is 0 Å². The molecule has 0 unspecified atom stereocenters. The molecule has 1 aliphatic rings. The van der Waals surface area contributed by atoms with E-state index in [1.807, 2.05) is 12.1 Å². The number of furan rings is 1. The summed E-state index contributed by atoms with van der Waals surface area (Å²) in [6.45, 7) is 2.20. The monoisotopic (exact) mass is 342 g/mol. The average Bonchev–Trinajstić information content (AvgIpc) is 2.97. The SMILES string of the molecule is C[C@@H]1C[C@H]1c1ccc(/C=N\n2c(-c3ccccc3F)n[nH]c2=S)o1. The van der Waals surface area contributed by atoms with E-state index in [1.165, 1.54) is 10.7 Å². The molecular weight excluding hydrogens is 327 g/mol. The van der Waals surface area contributed by atoms with E-state index >= 15 is 0 Å². The van der Waals surface area contributed by atoms with Crippen molar-refractivity contribution in [3.63, 3.8) is 0 Å².